The van der Waals surface area contributed by atoms with Crippen molar-refractivity contribution in [2.75, 3.05) is 13.6 Å². The van der Waals surface area contributed by atoms with Crippen LogP contribution in [0.5, 0.6) is 0 Å². The first-order chi connectivity index (χ1) is 10.4. The van der Waals surface area contributed by atoms with Crippen molar-refractivity contribution < 1.29 is 4.52 Å². The van der Waals surface area contributed by atoms with Gasteiger partial charge in [-0.1, -0.05) is 42.6 Å². The predicted molar refractivity (Wildman–Crippen MR) is 83.2 cm³/mol. The Bertz CT molecular complexity index is 573. The molecule has 1 fully saturated rings. The van der Waals surface area contributed by atoms with Crippen LogP contribution in [0.25, 0.3) is 11.5 Å². The van der Waals surface area contributed by atoms with Crippen LogP contribution in [0, 0.1) is 0 Å². The van der Waals surface area contributed by atoms with Crippen molar-refractivity contribution in [2.24, 2.45) is 0 Å². The standard InChI is InChI=1S/C17H23N3O/c1-18-12-11-13-7-5-6-10-15(13)17-19-16(20-21-17)14-8-3-2-4-9-14/h5-7,10,14,18H,2-4,8-9,11-12H2,1H3. The quantitative estimate of drug-likeness (QED) is 0.912. The molecule has 4 heteroatoms. The summed E-state index contributed by atoms with van der Waals surface area (Å²) < 4.78 is 5.54. The lowest BCUT2D eigenvalue weighted by Crippen LogP contribution is -2.10. The normalized spacial score (nSPS) is 16.2. The van der Waals surface area contributed by atoms with Gasteiger partial charge in [-0.15, -0.1) is 0 Å². The van der Waals surface area contributed by atoms with E-state index in [0.29, 0.717) is 11.8 Å². The Hall–Kier alpha value is -1.68. The van der Waals surface area contributed by atoms with Crippen molar-refractivity contribution in [3.8, 4) is 11.5 Å². The molecule has 0 radical (unpaired) electrons. The molecule has 1 aliphatic rings. The molecule has 21 heavy (non-hydrogen) atoms. The maximum absolute atomic E-state index is 5.54. The van der Waals surface area contributed by atoms with Crippen molar-refractivity contribution in [1.29, 1.82) is 0 Å². The van der Waals surface area contributed by atoms with Gasteiger partial charge in [0.05, 0.1) is 0 Å². The van der Waals surface area contributed by atoms with Gasteiger partial charge in [0.1, 0.15) is 0 Å². The number of nitrogens with one attached hydrogen (secondary N) is 1. The van der Waals surface area contributed by atoms with E-state index in [1.165, 1.54) is 37.7 Å². The van der Waals surface area contributed by atoms with Crippen LogP contribution in [0.2, 0.25) is 0 Å². The molecule has 0 bridgehead atoms. The summed E-state index contributed by atoms with van der Waals surface area (Å²) in [6.45, 7) is 0.945. The van der Waals surface area contributed by atoms with E-state index < -0.39 is 0 Å². The van der Waals surface area contributed by atoms with E-state index in [0.717, 1.165) is 24.4 Å². The van der Waals surface area contributed by atoms with Crippen LogP contribution in [-0.2, 0) is 6.42 Å². The Labute approximate surface area is 126 Å². The van der Waals surface area contributed by atoms with Gasteiger partial charge in [0.15, 0.2) is 5.82 Å². The predicted octanol–water partition coefficient (Wildman–Crippen LogP) is 3.55. The first-order valence-electron chi connectivity index (χ1n) is 7.95. The molecule has 0 saturated heterocycles. The molecule has 1 N–H and O–H groups in total. The van der Waals surface area contributed by atoms with Crippen LogP contribution in [0.3, 0.4) is 0 Å². The zero-order chi connectivity index (χ0) is 14.5. The molecular formula is C17H23N3O. The molecule has 0 amide bonds. The molecule has 1 aromatic heterocycles. The third kappa shape index (κ3) is 3.32. The minimum Gasteiger partial charge on any atom is -0.334 e. The molecule has 2 aromatic rings. The van der Waals surface area contributed by atoms with E-state index >= 15 is 0 Å². The Morgan fingerprint density at radius 2 is 2.00 bits per heavy atom. The summed E-state index contributed by atoms with van der Waals surface area (Å²) in [6, 6.07) is 8.30. The topological polar surface area (TPSA) is 51.0 Å². The molecule has 3 rings (SSSR count). The largest absolute Gasteiger partial charge is 0.334 e. The van der Waals surface area contributed by atoms with Crippen molar-refractivity contribution in [2.45, 2.75) is 44.4 Å². The second-order valence-corrected chi connectivity index (χ2v) is 5.80. The minimum atomic E-state index is 0.487. The molecular weight excluding hydrogens is 262 g/mol. The van der Waals surface area contributed by atoms with Crippen LogP contribution in [0.1, 0.15) is 49.4 Å². The number of hydrogen-bond donors (Lipinski definition) is 1. The molecule has 112 valence electrons. The highest BCUT2D eigenvalue weighted by Gasteiger charge is 2.21. The van der Waals surface area contributed by atoms with Gasteiger partial charge in [0.2, 0.25) is 0 Å². The Morgan fingerprint density at radius 3 is 2.81 bits per heavy atom. The molecule has 4 nitrogen and oxygen atoms in total. The number of benzene rings is 1. The molecule has 0 unspecified atom stereocenters. The summed E-state index contributed by atoms with van der Waals surface area (Å²) in [4.78, 5) is 4.67. The Morgan fingerprint density at radius 1 is 1.19 bits per heavy atom. The Kier molecular flexibility index (Phi) is 4.65. The van der Waals surface area contributed by atoms with Gasteiger partial charge in [-0.3, -0.25) is 0 Å². The SMILES string of the molecule is CNCCc1ccccc1-c1nc(C2CCCCC2)no1. The fraction of sp³-hybridized carbons (Fsp3) is 0.529. The third-order valence-electron chi connectivity index (χ3n) is 4.30. The molecule has 1 aliphatic carbocycles. The van der Waals surface area contributed by atoms with Gasteiger partial charge in [0.25, 0.3) is 5.89 Å². The van der Waals surface area contributed by atoms with Crippen molar-refractivity contribution in [3.05, 3.63) is 35.7 Å². The van der Waals surface area contributed by atoms with Crippen molar-refractivity contribution >= 4 is 0 Å². The van der Waals surface area contributed by atoms with Crippen LogP contribution in [0.15, 0.2) is 28.8 Å². The smallest absolute Gasteiger partial charge is 0.258 e. The van der Waals surface area contributed by atoms with Crippen LogP contribution in [0.4, 0.5) is 0 Å². The average Bonchev–Trinajstić information content (AvgIpc) is 3.04. The van der Waals surface area contributed by atoms with E-state index in [1.54, 1.807) is 0 Å². The molecule has 1 saturated carbocycles. The first kappa shape index (κ1) is 14.3. The highest BCUT2D eigenvalue weighted by molar-refractivity contribution is 5.58. The van der Waals surface area contributed by atoms with Gasteiger partial charge >= 0.3 is 0 Å². The highest BCUT2D eigenvalue weighted by Crippen LogP contribution is 2.32. The van der Waals surface area contributed by atoms with Crippen LogP contribution in [-0.4, -0.2) is 23.7 Å². The lowest BCUT2D eigenvalue weighted by Gasteiger charge is -2.17. The lowest BCUT2D eigenvalue weighted by molar-refractivity contribution is 0.385. The number of aromatic nitrogens is 2. The van der Waals surface area contributed by atoms with Gasteiger partial charge in [-0.25, -0.2) is 0 Å². The third-order valence-corrected chi connectivity index (χ3v) is 4.30. The van der Waals surface area contributed by atoms with E-state index in [1.807, 2.05) is 13.1 Å². The minimum absolute atomic E-state index is 0.487. The van der Waals surface area contributed by atoms with Crippen LogP contribution >= 0.6 is 0 Å². The Balaban J connectivity index is 1.82. The fourth-order valence-corrected chi connectivity index (χ4v) is 3.08. The lowest BCUT2D eigenvalue weighted by atomic mass is 9.89. The summed E-state index contributed by atoms with van der Waals surface area (Å²) in [7, 11) is 1.97. The summed E-state index contributed by atoms with van der Waals surface area (Å²) in [5.74, 6) is 2.05. The number of nitrogens with zero attached hydrogens (tertiary/aromatic N) is 2. The summed E-state index contributed by atoms with van der Waals surface area (Å²) >= 11 is 0. The van der Waals surface area contributed by atoms with Crippen molar-refractivity contribution in [3.63, 3.8) is 0 Å². The molecule has 0 atom stereocenters. The fourth-order valence-electron chi connectivity index (χ4n) is 3.08. The molecule has 0 spiro atoms. The second-order valence-electron chi connectivity index (χ2n) is 5.80. The van der Waals surface area contributed by atoms with E-state index in [4.69, 9.17) is 4.52 Å². The van der Waals surface area contributed by atoms with E-state index in [2.05, 4.69) is 33.7 Å². The number of likely N-dealkylation sites (N-methyl/N-ethyl adjacent to an activating group) is 1. The number of hydrogen-bond acceptors (Lipinski definition) is 4. The highest BCUT2D eigenvalue weighted by atomic mass is 16.5. The summed E-state index contributed by atoms with van der Waals surface area (Å²) in [5.41, 5.74) is 2.33. The maximum Gasteiger partial charge on any atom is 0.258 e. The number of rotatable bonds is 5. The average molecular weight is 285 g/mol. The van der Waals surface area contributed by atoms with Crippen molar-refractivity contribution in [1.82, 2.24) is 15.5 Å². The zero-order valence-electron chi connectivity index (χ0n) is 12.6. The first-order valence-corrected chi connectivity index (χ1v) is 7.95. The van der Waals surface area contributed by atoms with Crippen LogP contribution < -0.4 is 5.32 Å². The molecule has 1 aromatic carbocycles. The van der Waals surface area contributed by atoms with Gasteiger partial charge in [-0.05, 0) is 44.5 Å². The summed E-state index contributed by atoms with van der Waals surface area (Å²) in [5, 5.41) is 7.42. The maximum atomic E-state index is 5.54. The monoisotopic (exact) mass is 285 g/mol. The zero-order valence-corrected chi connectivity index (χ0v) is 12.6. The van der Waals surface area contributed by atoms with E-state index in [9.17, 15) is 0 Å². The van der Waals surface area contributed by atoms with Gasteiger partial charge in [-0.2, -0.15) is 4.98 Å². The summed E-state index contributed by atoms with van der Waals surface area (Å²) in [6.07, 6.45) is 7.27. The van der Waals surface area contributed by atoms with Gasteiger partial charge in [0, 0.05) is 11.5 Å². The molecule has 1 heterocycles. The second kappa shape index (κ2) is 6.85. The van der Waals surface area contributed by atoms with E-state index in [-0.39, 0.29) is 0 Å². The van der Waals surface area contributed by atoms with Gasteiger partial charge < -0.3 is 9.84 Å². The molecule has 0 aliphatic heterocycles.